The summed E-state index contributed by atoms with van der Waals surface area (Å²) < 4.78 is 0. The molecule has 0 unspecified atom stereocenters. The molecule has 0 atom stereocenters. The van der Waals surface area contributed by atoms with Crippen molar-refractivity contribution < 1.29 is 0 Å². The van der Waals surface area contributed by atoms with E-state index in [9.17, 15) is 4.79 Å². The van der Waals surface area contributed by atoms with E-state index >= 15 is 0 Å². The van der Waals surface area contributed by atoms with E-state index in [4.69, 9.17) is 0 Å². The van der Waals surface area contributed by atoms with Crippen LogP contribution in [0, 0.1) is 0 Å². The number of nitrogens with one attached hydrogen (secondary N) is 2. The molecule has 0 saturated heterocycles. The number of fused-ring (bicyclic) bond motifs is 1. The van der Waals surface area contributed by atoms with Gasteiger partial charge in [0.15, 0.2) is 0 Å². The van der Waals surface area contributed by atoms with Gasteiger partial charge < -0.3 is 10.3 Å². The zero-order chi connectivity index (χ0) is 14.5. The molecule has 106 valence electrons. The second-order valence-corrected chi connectivity index (χ2v) is 5.00. The van der Waals surface area contributed by atoms with Crippen LogP contribution in [0.3, 0.4) is 0 Å². The summed E-state index contributed by atoms with van der Waals surface area (Å²) in [7, 11) is 0. The standard InChI is InChI=1S/C17H17N3O/c21-17-15(10-14-5-1-2-6-16(14)20-17)12-19-9-7-13-4-3-8-18-11-13/h1-6,8,10-11,19H,7,9,12H2,(H,20,21). The summed E-state index contributed by atoms with van der Waals surface area (Å²) in [6, 6.07) is 13.7. The van der Waals surface area contributed by atoms with Gasteiger partial charge in [-0.05, 0) is 42.1 Å². The van der Waals surface area contributed by atoms with Crippen LogP contribution in [0.5, 0.6) is 0 Å². The SMILES string of the molecule is O=c1[nH]c2ccccc2cc1CNCCc1cccnc1. The molecule has 0 spiro atoms. The molecule has 4 nitrogen and oxygen atoms in total. The van der Waals surface area contributed by atoms with Gasteiger partial charge in [-0.1, -0.05) is 24.3 Å². The van der Waals surface area contributed by atoms with Gasteiger partial charge in [-0.3, -0.25) is 9.78 Å². The van der Waals surface area contributed by atoms with Gasteiger partial charge in [0.05, 0.1) is 0 Å². The lowest BCUT2D eigenvalue weighted by Gasteiger charge is -2.06. The molecule has 4 heteroatoms. The fourth-order valence-electron chi connectivity index (χ4n) is 2.33. The van der Waals surface area contributed by atoms with Gasteiger partial charge in [0, 0.05) is 30.0 Å². The van der Waals surface area contributed by atoms with Crippen molar-refractivity contribution in [1.29, 1.82) is 0 Å². The van der Waals surface area contributed by atoms with Crippen LogP contribution < -0.4 is 10.9 Å². The van der Waals surface area contributed by atoms with Crippen LogP contribution in [0.25, 0.3) is 10.9 Å². The molecule has 3 aromatic rings. The van der Waals surface area contributed by atoms with Crippen LogP contribution in [-0.4, -0.2) is 16.5 Å². The van der Waals surface area contributed by atoms with E-state index in [2.05, 4.69) is 21.4 Å². The van der Waals surface area contributed by atoms with E-state index in [-0.39, 0.29) is 5.56 Å². The Morgan fingerprint density at radius 1 is 1.14 bits per heavy atom. The number of hydrogen-bond donors (Lipinski definition) is 2. The van der Waals surface area contributed by atoms with Crippen LogP contribution in [0.2, 0.25) is 0 Å². The molecule has 2 aromatic heterocycles. The number of benzene rings is 1. The molecule has 2 heterocycles. The molecule has 3 rings (SSSR count). The monoisotopic (exact) mass is 279 g/mol. The number of aromatic nitrogens is 2. The third kappa shape index (κ3) is 3.35. The average Bonchev–Trinajstić information content (AvgIpc) is 2.53. The van der Waals surface area contributed by atoms with Crippen molar-refractivity contribution in [2.75, 3.05) is 6.54 Å². The number of rotatable bonds is 5. The quantitative estimate of drug-likeness (QED) is 0.704. The molecular formula is C17H17N3O. The van der Waals surface area contributed by atoms with Crippen molar-refractivity contribution in [1.82, 2.24) is 15.3 Å². The smallest absolute Gasteiger partial charge is 0.252 e. The molecular weight excluding hydrogens is 262 g/mol. The Morgan fingerprint density at radius 3 is 2.90 bits per heavy atom. The maximum absolute atomic E-state index is 12.0. The first-order valence-corrected chi connectivity index (χ1v) is 7.03. The molecule has 0 radical (unpaired) electrons. The van der Waals surface area contributed by atoms with Gasteiger partial charge in [0.2, 0.25) is 0 Å². The lowest BCUT2D eigenvalue weighted by Crippen LogP contribution is -2.22. The molecule has 2 N–H and O–H groups in total. The van der Waals surface area contributed by atoms with Crippen LogP contribution in [0.15, 0.2) is 59.7 Å². The van der Waals surface area contributed by atoms with E-state index in [1.54, 1.807) is 6.20 Å². The summed E-state index contributed by atoms with van der Waals surface area (Å²) in [5.74, 6) is 0. The van der Waals surface area contributed by atoms with Gasteiger partial charge >= 0.3 is 0 Å². The number of nitrogens with zero attached hydrogens (tertiary/aromatic N) is 1. The molecule has 0 amide bonds. The van der Waals surface area contributed by atoms with Gasteiger partial charge in [-0.25, -0.2) is 0 Å². The number of aromatic amines is 1. The van der Waals surface area contributed by atoms with E-state index in [0.29, 0.717) is 6.54 Å². The molecule has 0 aliphatic rings. The zero-order valence-corrected chi connectivity index (χ0v) is 11.7. The highest BCUT2D eigenvalue weighted by Gasteiger charge is 2.02. The van der Waals surface area contributed by atoms with Crippen molar-refractivity contribution >= 4 is 10.9 Å². The molecule has 0 aliphatic heterocycles. The highest BCUT2D eigenvalue weighted by molar-refractivity contribution is 5.78. The van der Waals surface area contributed by atoms with Gasteiger partial charge in [0.25, 0.3) is 5.56 Å². The van der Waals surface area contributed by atoms with Crippen LogP contribution in [-0.2, 0) is 13.0 Å². The Bertz CT molecular complexity index is 781. The highest BCUT2D eigenvalue weighted by Crippen LogP contribution is 2.09. The topological polar surface area (TPSA) is 57.8 Å². The summed E-state index contributed by atoms with van der Waals surface area (Å²) in [5.41, 5.74) is 2.81. The lowest BCUT2D eigenvalue weighted by molar-refractivity contribution is 0.682. The van der Waals surface area contributed by atoms with E-state index in [0.717, 1.165) is 29.4 Å². The minimum absolute atomic E-state index is 0.0254. The normalized spacial score (nSPS) is 10.9. The Kier molecular flexibility index (Phi) is 4.07. The Labute approximate surface area is 122 Å². The Morgan fingerprint density at radius 2 is 2.05 bits per heavy atom. The molecule has 0 aliphatic carbocycles. The highest BCUT2D eigenvalue weighted by atomic mass is 16.1. The van der Waals surface area contributed by atoms with Crippen LogP contribution in [0.4, 0.5) is 0 Å². The zero-order valence-electron chi connectivity index (χ0n) is 11.7. The Hall–Kier alpha value is -2.46. The number of hydrogen-bond acceptors (Lipinski definition) is 3. The molecule has 1 aromatic carbocycles. The van der Waals surface area contributed by atoms with Crippen molar-refractivity contribution in [2.24, 2.45) is 0 Å². The second kappa shape index (κ2) is 6.33. The van der Waals surface area contributed by atoms with Crippen molar-refractivity contribution in [3.63, 3.8) is 0 Å². The van der Waals surface area contributed by atoms with Crippen molar-refractivity contribution in [2.45, 2.75) is 13.0 Å². The molecule has 21 heavy (non-hydrogen) atoms. The third-order valence-corrected chi connectivity index (χ3v) is 3.46. The maximum atomic E-state index is 12.0. The Balaban J connectivity index is 1.63. The summed E-state index contributed by atoms with van der Waals surface area (Å²) in [4.78, 5) is 19.0. The first kappa shape index (κ1) is 13.5. The second-order valence-electron chi connectivity index (χ2n) is 5.00. The van der Waals surface area contributed by atoms with Gasteiger partial charge in [-0.2, -0.15) is 0 Å². The van der Waals surface area contributed by atoms with E-state index < -0.39 is 0 Å². The summed E-state index contributed by atoms with van der Waals surface area (Å²) in [6.45, 7) is 1.39. The van der Waals surface area contributed by atoms with Crippen molar-refractivity contribution in [3.05, 3.63) is 76.3 Å². The average molecular weight is 279 g/mol. The largest absolute Gasteiger partial charge is 0.322 e. The fraction of sp³-hybridized carbons (Fsp3) is 0.176. The van der Waals surface area contributed by atoms with E-state index in [1.807, 2.05) is 42.6 Å². The summed E-state index contributed by atoms with van der Waals surface area (Å²) >= 11 is 0. The first-order valence-electron chi connectivity index (χ1n) is 7.03. The molecule has 0 fully saturated rings. The van der Waals surface area contributed by atoms with Crippen molar-refractivity contribution in [3.8, 4) is 0 Å². The number of pyridine rings is 2. The first-order chi connectivity index (χ1) is 10.3. The number of para-hydroxylation sites is 1. The summed E-state index contributed by atoms with van der Waals surface area (Å²) in [6.07, 6.45) is 4.54. The summed E-state index contributed by atoms with van der Waals surface area (Å²) in [5, 5.41) is 4.36. The van der Waals surface area contributed by atoms with E-state index in [1.165, 1.54) is 5.56 Å². The number of H-pyrrole nitrogens is 1. The third-order valence-electron chi connectivity index (χ3n) is 3.46. The fourth-order valence-corrected chi connectivity index (χ4v) is 2.33. The predicted molar refractivity (Wildman–Crippen MR) is 84.2 cm³/mol. The lowest BCUT2D eigenvalue weighted by atomic mass is 10.1. The van der Waals surface area contributed by atoms with Gasteiger partial charge in [0.1, 0.15) is 0 Å². The maximum Gasteiger partial charge on any atom is 0.252 e. The predicted octanol–water partition coefficient (Wildman–Crippen LogP) is 2.26. The molecule has 0 saturated carbocycles. The van der Waals surface area contributed by atoms with Crippen LogP contribution in [0.1, 0.15) is 11.1 Å². The van der Waals surface area contributed by atoms with Gasteiger partial charge in [-0.15, -0.1) is 0 Å². The minimum Gasteiger partial charge on any atom is -0.322 e. The molecule has 0 bridgehead atoms. The minimum atomic E-state index is -0.0254. The van der Waals surface area contributed by atoms with Crippen LogP contribution >= 0.6 is 0 Å².